The summed E-state index contributed by atoms with van der Waals surface area (Å²) in [5.74, 6) is -4.73. The van der Waals surface area contributed by atoms with Crippen molar-refractivity contribution in [2.75, 3.05) is 26.2 Å². The number of amides is 3. The number of likely N-dealkylation sites (tertiary alicyclic amines) is 2. The Bertz CT molecular complexity index is 1250. The van der Waals surface area contributed by atoms with Crippen molar-refractivity contribution in [3.05, 3.63) is 51.5 Å². The average Bonchev–Trinajstić information content (AvgIpc) is 3.60. The highest BCUT2D eigenvalue weighted by molar-refractivity contribution is 7.09. The van der Waals surface area contributed by atoms with Gasteiger partial charge in [0, 0.05) is 36.9 Å². The first-order valence-corrected chi connectivity index (χ1v) is 12.1. The third-order valence-electron chi connectivity index (χ3n) is 6.14. The molecule has 9 nitrogen and oxygen atoms in total. The lowest BCUT2D eigenvalue weighted by molar-refractivity contribution is -0.131. The second kappa shape index (κ2) is 10.4. The molecule has 36 heavy (non-hydrogen) atoms. The van der Waals surface area contributed by atoms with E-state index in [1.54, 1.807) is 23.1 Å². The first-order valence-electron chi connectivity index (χ1n) is 11.3. The summed E-state index contributed by atoms with van der Waals surface area (Å²) in [4.78, 5) is 44.0. The van der Waals surface area contributed by atoms with Crippen molar-refractivity contribution >= 4 is 29.1 Å². The number of rotatable bonds is 6. The van der Waals surface area contributed by atoms with Crippen LogP contribution in [0.4, 0.5) is 8.78 Å². The second-order valence-corrected chi connectivity index (χ2v) is 9.72. The second-order valence-electron chi connectivity index (χ2n) is 8.78. The van der Waals surface area contributed by atoms with Crippen LogP contribution in [0.5, 0.6) is 0 Å². The van der Waals surface area contributed by atoms with Crippen LogP contribution in [-0.4, -0.2) is 70.6 Å². The molecule has 0 radical (unpaired) electrons. The molecular formula is C24H22F2N6O3S. The van der Waals surface area contributed by atoms with Crippen LogP contribution in [0, 0.1) is 28.6 Å². The number of hydrogen-bond donors (Lipinski definition) is 1. The van der Waals surface area contributed by atoms with E-state index >= 15 is 0 Å². The van der Waals surface area contributed by atoms with Gasteiger partial charge < -0.3 is 15.1 Å². The molecule has 186 valence electrons. The number of nitrogens with zero attached hydrogens (tertiary/aromatic N) is 5. The number of nitriles is 2. The van der Waals surface area contributed by atoms with Gasteiger partial charge in [-0.05, 0) is 24.1 Å². The highest BCUT2D eigenvalue weighted by Gasteiger charge is 2.47. The predicted molar refractivity (Wildman–Crippen MR) is 124 cm³/mol. The SMILES string of the molecule is N#C[C@@H]1CCN(C(=O)c2ccc(Cc3nc(C(=O)NCC(=O)N4CC(F)(F)C[C@H]4C#N)cs3)cc2)C1. The Balaban J connectivity index is 1.29. The topological polar surface area (TPSA) is 130 Å². The summed E-state index contributed by atoms with van der Waals surface area (Å²) in [7, 11) is 0. The molecule has 2 aliphatic rings. The van der Waals surface area contributed by atoms with Crippen LogP contribution in [0.15, 0.2) is 29.6 Å². The third kappa shape index (κ3) is 5.66. The lowest BCUT2D eigenvalue weighted by Gasteiger charge is -2.19. The molecule has 1 aromatic heterocycles. The summed E-state index contributed by atoms with van der Waals surface area (Å²) in [6, 6.07) is 9.73. The molecular weight excluding hydrogens is 490 g/mol. The molecule has 3 amide bonds. The maximum atomic E-state index is 13.5. The molecule has 2 aliphatic heterocycles. The summed E-state index contributed by atoms with van der Waals surface area (Å²) >= 11 is 1.25. The minimum atomic E-state index is -3.12. The molecule has 2 fully saturated rings. The van der Waals surface area contributed by atoms with Crippen LogP contribution in [0.3, 0.4) is 0 Å². The van der Waals surface area contributed by atoms with Crippen LogP contribution < -0.4 is 5.32 Å². The van der Waals surface area contributed by atoms with Gasteiger partial charge in [0.05, 0.1) is 36.2 Å². The van der Waals surface area contributed by atoms with Crippen molar-refractivity contribution in [2.45, 2.75) is 31.2 Å². The zero-order chi connectivity index (χ0) is 25.9. The Labute approximate surface area is 209 Å². The Kier molecular flexibility index (Phi) is 7.27. The van der Waals surface area contributed by atoms with E-state index in [-0.39, 0.29) is 17.5 Å². The maximum absolute atomic E-state index is 13.5. The van der Waals surface area contributed by atoms with Crippen LogP contribution in [0.1, 0.15) is 44.3 Å². The van der Waals surface area contributed by atoms with E-state index in [9.17, 15) is 23.2 Å². The van der Waals surface area contributed by atoms with E-state index in [1.807, 2.05) is 12.1 Å². The van der Waals surface area contributed by atoms with Crippen LogP contribution in [0.25, 0.3) is 0 Å². The smallest absolute Gasteiger partial charge is 0.271 e. The first-order chi connectivity index (χ1) is 17.2. The van der Waals surface area contributed by atoms with E-state index in [0.29, 0.717) is 36.5 Å². The highest BCUT2D eigenvalue weighted by Crippen LogP contribution is 2.31. The van der Waals surface area contributed by atoms with E-state index in [1.165, 1.54) is 16.7 Å². The molecule has 0 saturated carbocycles. The molecule has 3 heterocycles. The van der Waals surface area contributed by atoms with Gasteiger partial charge in [-0.2, -0.15) is 10.5 Å². The predicted octanol–water partition coefficient (Wildman–Crippen LogP) is 2.21. The molecule has 0 unspecified atom stereocenters. The number of halogens is 2. The van der Waals surface area contributed by atoms with Gasteiger partial charge in [-0.3, -0.25) is 14.4 Å². The van der Waals surface area contributed by atoms with Gasteiger partial charge >= 0.3 is 0 Å². The van der Waals surface area contributed by atoms with Gasteiger partial charge in [0.2, 0.25) is 5.91 Å². The zero-order valence-corrected chi connectivity index (χ0v) is 19.9. The lowest BCUT2D eigenvalue weighted by Crippen LogP contribution is -2.43. The standard InChI is InChI=1S/C24H22F2N6O3S/c25-24(26)8-18(10-28)32(14-24)21(33)11-29-22(34)19-13-36-20(30-19)7-15-1-3-17(4-2-15)23(35)31-6-5-16(9-27)12-31/h1-4,13,16,18H,5-8,11-12,14H2,(H,29,34)/t16-,18-/m0/s1. The Hall–Kier alpha value is -3.90. The molecule has 2 aromatic rings. The molecule has 1 N–H and O–H groups in total. The molecule has 0 bridgehead atoms. The number of alkyl halides is 2. The highest BCUT2D eigenvalue weighted by atomic mass is 32.1. The van der Waals surface area contributed by atoms with Crippen molar-refractivity contribution < 1.29 is 23.2 Å². The Morgan fingerprint density at radius 1 is 1.19 bits per heavy atom. The number of thiazole rings is 1. The molecule has 2 atom stereocenters. The number of aromatic nitrogens is 1. The average molecular weight is 513 g/mol. The molecule has 0 aliphatic carbocycles. The molecule has 2 saturated heterocycles. The van der Waals surface area contributed by atoms with E-state index in [2.05, 4.69) is 16.4 Å². The summed E-state index contributed by atoms with van der Waals surface area (Å²) in [5.41, 5.74) is 1.52. The van der Waals surface area contributed by atoms with Crippen molar-refractivity contribution in [3.8, 4) is 12.1 Å². The summed E-state index contributed by atoms with van der Waals surface area (Å²) < 4.78 is 27.1. The van der Waals surface area contributed by atoms with Gasteiger partial charge in [-0.15, -0.1) is 11.3 Å². The van der Waals surface area contributed by atoms with E-state index < -0.39 is 43.3 Å². The Morgan fingerprint density at radius 3 is 2.61 bits per heavy atom. The minimum absolute atomic E-state index is 0.0965. The van der Waals surface area contributed by atoms with Gasteiger partial charge in [0.15, 0.2) is 0 Å². The molecule has 12 heteroatoms. The van der Waals surface area contributed by atoms with Crippen molar-refractivity contribution in [2.24, 2.45) is 5.92 Å². The number of carbonyl (C=O) groups is 3. The largest absolute Gasteiger partial charge is 0.342 e. The van der Waals surface area contributed by atoms with Gasteiger partial charge in [0.1, 0.15) is 11.7 Å². The fourth-order valence-electron chi connectivity index (χ4n) is 4.21. The monoisotopic (exact) mass is 512 g/mol. The van der Waals surface area contributed by atoms with Crippen LogP contribution >= 0.6 is 11.3 Å². The van der Waals surface area contributed by atoms with Gasteiger partial charge in [-0.1, -0.05) is 12.1 Å². The fraction of sp³-hybridized carbons (Fsp3) is 0.417. The van der Waals surface area contributed by atoms with Crippen molar-refractivity contribution in [1.29, 1.82) is 10.5 Å². The number of hydrogen-bond acceptors (Lipinski definition) is 7. The number of benzene rings is 1. The Morgan fingerprint density at radius 2 is 1.94 bits per heavy atom. The van der Waals surface area contributed by atoms with Crippen LogP contribution in [0.2, 0.25) is 0 Å². The minimum Gasteiger partial charge on any atom is -0.342 e. The number of carbonyl (C=O) groups excluding carboxylic acids is 3. The maximum Gasteiger partial charge on any atom is 0.271 e. The first kappa shape index (κ1) is 25.2. The molecule has 4 rings (SSSR count). The lowest BCUT2D eigenvalue weighted by atomic mass is 10.1. The van der Waals surface area contributed by atoms with Crippen molar-refractivity contribution in [1.82, 2.24) is 20.1 Å². The normalized spacial score (nSPS) is 20.6. The third-order valence-corrected chi connectivity index (χ3v) is 6.99. The summed E-state index contributed by atoms with van der Waals surface area (Å²) in [6.07, 6.45) is 0.398. The number of nitrogens with one attached hydrogen (secondary N) is 1. The van der Waals surface area contributed by atoms with E-state index in [4.69, 9.17) is 10.5 Å². The van der Waals surface area contributed by atoms with Crippen LogP contribution in [-0.2, 0) is 11.2 Å². The fourth-order valence-corrected chi connectivity index (χ4v) is 5.02. The van der Waals surface area contributed by atoms with Gasteiger partial charge in [0.25, 0.3) is 17.7 Å². The zero-order valence-electron chi connectivity index (χ0n) is 19.1. The van der Waals surface area contributed by atoms with Gasteiger partial charge in [-0.25, -0.2) is 13.8 Å². The molecule has 0 spiro atoms. The molecule has 1 aromatic carbocycles. The summed E-state index contributed by atoms with van der Waals surface area (Å²) in [6.45, 7) is -0.348. The van der Waals surface area contributed by atoms with E-state index in [0.717, 1.165) is 10.5 Å². The van der Waals surface area contributed by atoms with Crippen molar-refractivity contribution in [3.63, 3.8) is 0 Å². The quantitative estimate of drug-likeness (QED) is 0.632. The summed E-state index contributed by atoms with van der Waals surface area (Å²) in [5, 5.41) is 22.6.